The maximum atomic E-state index is 11.8. The second-order valence-corrected chi connectivity index (χ2v) is 4.53. The molecule has 0 saturated carbocycles. The van der Waals surface area contributed by atoms with E-state index in [0.717, 1.165) is 4.90 Å². The second-order valence-electron chi connectivity index (χ2n) is 4.53. The Morgan fingerprint density at radius 2 is 2.05 bits per heavy atom. The van der Waals surface area contributed by atoms with Crippen molar-refractivity contribution in [1.82, 2.24) is 10.2 Å². The molecule has 110 valence electrons. The summed E-state index contributed by atoms with van der Waals surface area (Å²) in [5.74, 6) is -1.95. The molecule has 3 N–H and O–H groups in total. The molecule has 1 aliphatic heterocycles. The van der Waals surface area contributed by atoms with Crippen LogP contribution in [0.25, 0.3) is 0 Å². The van der Waals surface area contributed by atoms with Gasteiger partial charge in [-0.1, -0.05) is 6.07 Å². The number of anilines is 1. The van der Waals surface area contributed by atoms with Crippen LogP contribution in [0.4, 0.5) is 10.5 Å². The summed E-state index contributed by atoms with van der Waals surface area (Å²) in [6.07, 6.45) is -0.0854. The third-order valence-electron chi connectivity index (χ3n) is 3.05. The van der Waals surface area contributed by atoms with Gasteiger partial charge in [0.05, 0.1) is 12.0 Å². The van der Waals surface area contributed by atoms with E-state index >= 15 is 0 Å². The monoisotopic (exact) mass is 291 g/mol. The number of nitrogens with one attached hydrogen (secondary N) is 2. The van der Waals surface area contributed by atoms with Crippen LogP contribution >= 0.6 is 0 Å². The fourth-order valence-corrected chi connectivity index (χ4v) is 1.92. The van der Waals surface area contributed by atoms with Gasteiger partial charge >= 0.3 is 12.0 Å². The summed E-state index contributed by atoms with van der Waals surface area (Å²) < 4.78 is 0. The van der Waals surface area contributed by atoms with Gasteiger partial charge in [-0.05, 0) is 18.2 Å². The van der Waals surface area contributed by atoms with Crippen molar-refractivity contribution in [2.75, 3.05) is 12.4 Å². The van der Waals surface area contributed by atoms with Gasteiger partial charge < -0.3 is 15.7 Å². The number of imide groups is 1. The van der Waals surface area contributed by atoms with Gasteiger partial charge in [-0.25, -0.2) is 9.59 Å². The first kappa shape index (κ1) is 14.5. The number of amides is 4. The average Bonchev–Trinajstić information content (AvgIpc) is 2.66. The van der Waals surface area contributed by atoms with Gasteiger partial charge in [0, 0.05) is 12.7 Å². The molecular weight excluding hydrogens is 278 g/mol. The van der Waals surface area contributed by atoms with Crippen molar-refractivity contribution in [2.24, 2.45) is 0 Å². The average molecular weight is 291 g/mol. The van der Waals surface area contributed by atoms with E-state index in [1.54, 1.807) is 0 Å². The SMILES string of the molecule is CN1C(=O)CC(NC(=O)Nc2cccc(C(=O)O)c2)C1=O. The zero-order valence-electron chi connectivity index (χ0n) is 11.1. The Hall–Kier alpha value is -2.90. The lowest BCUT2D eigenvalue weighted by atomic mass is 10.2. The lowest BCUT2D eigenvalue weighted by Gasteiger charge is -2.12. The molecule has 1 heterocycles. The minimum atomic E-state index is -1.11. The summed E-state index contributed by atoms with van der Waals surface area (Å²) in [6, 6.07) is 4.09. The Morgan fingerprint density at radius 1 is 1.33 bits per heavy atom. The third-order valence-corrected chi connectivity index (χ3v) is 3.05. The zero-order valence-corrected chi connectivity index (χ0v) is 11.1. The summed E-state index contributed by atoms with van der Waals surface area (Å²) in [5, 5.41) is 13.6. The van der Waals surface area contributed by atoms with Crippen molar-refractivity contribution >= 4 is 29.5 Å². The number of nitrogens with zero attached hydrogens (tertiary/aromatic N) is 1. The number of hydrogen-bond donors (Lipinski definition) is 3. The summed E-state index contributed by atoms with van der Waals surface area (Å²) in [4.78, 5) is 46.5. The number of likely N-dealkylation sites (N-methyl/N-ethyl adjacent to an activating group) is 1. The van der Waals surface area contributed by atoms with E-state index in [1.165, 1.54) is 31.3 Å². The molecule has 1 saturated heterocycles. The quantitative estimate of drug-likeness (QED) is 0.691. The Bertz CT molecular complexity index is 628. The highest BCUT2D eigenvalue weighted by Gasteiger charge is 2.36. The highest BCUT2D eigenvalue weighted by atomic mass is 16.4. The van der Waals surface area contributed by atoms with Crippen molar-refractivity contribution < 1.29 is 24.3 Å². The number of rotatable bonds is 3. The second kappa shape index (κ2) is 5.61. The third kappa shape index (κ3) is 3.16. The molecule has 1 aromatic carbocycles. The topological polar surface area (TPSA) is 116 Å². The first-order chi connectivity index (χ1) is 9.88. The number of carbonyl (C=O) groups excluding carboxylic acids is 3. The molecule has 0 aliphatic carbocycles. The smallest absolute Gasteiger partial charge is 0.335 e. The summed E-state index contributed by atoms with van der Waals surface area (Å²) in [7, 11) is 1.35. The summed E-state index contributed by atoms with van der Waals surface area (Å²) >= 11 is 0. The molecule has 1 fully saturated rings. The number of carboxylic acid groups (broad SMARTS) is 1. The molecule has 0 spiro atoms. The van der Waals surface area contributed by atoms with Gasteiger partial charge in [0.1, 0.15) is 6.04 Å². The minimum Gasteiger partial charge on any atom is -0.478 e. The van der Waals surface area contributed by atoms with E-state index in [2.05, 4.69) is 10.6 Å². The molecule has 21 heavy (non-hydrogen) atoms. The van der Waals surface area contributed by atoms with Crippen LogP contribution in [0.1, 0.15) is 16.8 Å². The molecular formula is C13H13N3O5. The molecule has 4 amide bonds. The maximum absolute atomic E-state index is 11.8. The van der Waals surface area contributed by atoms with E-state index in [0.29, 0.717) is 0 Å². The number of aromatic carboxylic acids is 1. The lowest BCUT2D eigenvalue weighted by Crippen LogP contribution is -2.42. The number of carboxylic acids is 1. The van der Waals surface area contributed by atoms with Crippen LogP contribution in [0.2, 0.25) is 0 Å². The standard InChI is InChI=1S/C13H13N3O5/c1-16-10(17)6-9(11(16)18)15-13(21)14-8-4-2-3-7(5-8)12(19)20/h2-5,9H,6H2,1H3,(H,19,20)(H2,14,15,21). The lowest BCUT2D eigenvalue weighted by molar-refractivity contribution is -0.137. The summed E-state index contributed by atoms with van der Waals surface area (Å²) in [6.45, 7) is 0. The molecule has 2 rings (SSSR count). The molecule has 1 unspecified atom stereocenters. The van der Waals surface area contributed by atoms with Crippen molar-refractivity contribution in [1.29, 1.82) is 0 Å². The van der Waals surface area contributed by atoms with Crippen LogP contribution in [0.3, 0.4) is 0 Å². The van der Waals surface area contributed by atoms with Crippen LogP contribution < -0.4 is 10.6 Å². The molecule has 8 heteroatoms. The van der Waals surface area contributed by atoms with E-state index in [9.17, 15) is 19.2 Å². The Morgan fingerprint density at radius 3 is 2.62 bits per heavy atom. The minimum absolute atomic E-state index is 0.0275. The van der Waals surface area contributed by atoms with Crippen molar-refractivity contribution in [3.05, 3.63) is 29.8 Å². The number of likely N-dealkylation sites (tertiary alicyclic amines) is 1. The highest BCUT2D eigenvalue weighted by Crippen LogP contribution is 2.13. The zero-order chi connectivity index (χ0) is 15.6. The fraction of sp³-hybridized carbons (Fsp3) is 0.231. The first-order valence-electron chi connectivity index (χ1n) is 6.10. The molecule has 8 nitrogen and oxygen atoms in total. The van der Waals surface area contributed by atoms with Crippen molar-refractivity contribution in [2.45, 2.75) is 12.5 Å². The van der Waals surface area contributed by atoms with E-state index in [-0.39, 0.29) is 23.6 Å². The number of hydrogen-bond acceptors (Lipinski definition) is 4. The van der Waals surface area contributed by atoms with Crippen LogP contribution in [-0.2, 0) is 9.59 Å². The van der Waals surface area contributed by atoms with Crippen molar-refractivity contribution in [3.63, 3.8) is 0 Å². The van der Waals surface area contributed by atoms with Gasteiger partial charge in [-0.2, -0.15) is 0 Å². The predicted molar refractivity (Wildman–Crippen MR) is 71.7 cm³/mol. The molecule has 0 radical (unpaired) electrons. The number of urea groups is 1. The summed E-state index contributed by atoms with van der Waals surface area (Å²) in [5.41, 5.74) is 0.303. The normalized spacial score (nSPS) is 17.8. The molecule has 1 aliphatic rings. The number of benzene rings is 1. The largest absolute Gasteiger partial charge is 0.478 e. The van der Waals surface area contributed by atoms with Crippen LogP contribution in [0.15, 0.2) is 24.3 Å². The van der Waals surface area contributed by atoms with E-state index < -0.39 is 23.9 Å². The molecule has 0 aromatic heterocycles. The van der Waals surface area contributed by atoms with Crippen LogP contribution in [-0.4, -0.2) is 46.9 Å². The molecule has 1 atom stereocenters. The first-order valence-corrected chi connectivity index (χ1v) is 6.10. The van der Waals surface area contributed by atoms with Gasteiger partial charge in [0.15, 0.2) is 0 Å². The number of carbonyl (C=O) groups is 4. The van der Waals surface area contributed by atoms with Gasteiger partial charge in [0.25, 0.3) is 5.91 Å². The van der Waals surface area contributed by atoms with Gasteiger partial charge in [0.2, 0.25) is 5.91 Å². The van der Waals surface area contributed by atoms with Crippen LogP contribution in [0, 0.1) is 0 Å². The van der Waals surface area contributed by atoms with Gasteiger partial charge in [-0.3, -0.25) is 14.5 Å². The van der Waals surface area contributed by atoms with Crippen molar-refractivity contribution in [3.8, 4) is 0 Å². The maximum Gasteiger partial charge on any atom is 0.335 e. The Kier molecular flexibility index (Phi) is 3.88. The molecule has 1 aromatic rings. The van der Waals surface area contributed by atoms with E-state index in [4.69, 9.17) is 5.11 Å². The van der Waals surface area contributed by atoms with Crippen LogP contribution in [0.5, 0.6) is 0 Å². The highest BCUT2D eigenvalue weighted by molar-refractivity contribution is 6.07. The molecule has 0 bridgehead atoms. The van der Waals surface area contributed by atoms with E-state index in [1.807, 2.05) is 0 Å². The fourth-order valence-electron chi connectivity index (χ4n) is 1.92. The van der Waals surface area contributed by atoms with Gasteiger partial charge in [-0.15, -0.1) is 0 Å². The predicted octanol–water partition coefficient (Wildman–Crippen LogP) is 0.264. The Balaban J connectivity index is 1.99. The Labute approximate surface area is 119 Å².